The average molecular weight is 434 g/mol. The molecule has 1 aromatic heterocycles. The molecule has 0 N–H and O–H groups in total. The lowest BCUT2D eigenvalue weighted by atomic mass is 9.96. The molecule has 11 nitrogen and oxygen atoms in total. The Labute approximate surface area is 170 Å². The van der Waals surface area contributed by atoms with Crippen molar-refractivity contribution in [3.8, 4) is 11.3 Å². The Hall–Kier alpha value is -3.48. The summed E-state index contributed by atoms with van der Waals surface area (Å²) in [7, 11) is -4.94. The van der Waals surface area contributed by atoms with E-state index in [0.29, 0.717) is 5.56 Å². The number of non-ortho nitro benzene ring substituents is 1. The molecular weight excluding hydrogens is 422 g/mol. The smallest absolute Gasteiger partial charge is 0.258 e. The zero-order valence-electron chi connectivity index (χ0n) is 14.9. The second-order valence-corrected chi connectivity index (χ2v) is 6.87. The summed E-state index contributed by atoms with van der Waals surface area (Å²) < 4.78 is 35.9. The van der Waals surface area contributed by atoms with Gasteiger partial charge in [0, 0.05) is 23.8 Å². The minimum Gasteiger partial charge on any atom is -0.258 e. The molecule has 2 aromatic carbocycles. The number of benzene rings is 2. The minimum absolute atomic E-state index is 0.252. The summed E-state index contributed by atoms with van der Waals surface area (Å²) in [6.45, 7) is 0. The Balaban J connectivity index is 0.000000461. The molecule has 1 aliphatic heterocycles. The van der Waals surface area contributed by atoms with Gasteiger partial charge in [0.25, 0.3) is 11.4 Å². The number of halogens is 1. The second-order valence-electron chi connectivity index (χ2n) is 6.12. The molecule has 0 fully saturated rings. The molecule has 0 saturated heterocycles. The van der Waals surface area contributed by atoms with Crippen LogP contribution in [0.15, 0.2) is 66.9 Å². The molecule has 0 amide bonds. The van der Waals surface area contributed by atoms with Crippen molar-refractivity contribution in [1.29, 1.82) is 0 Å². The highest BCUT2D eigenvalue weighted by Gasteiger charge is 2.41. The largest absolute Gasteiger partial charge is 0.286 e. The number of hydrogen-bond acceptors (Lipinski definition) is 8. The average Bonchev–Trinajstić information content (AvgIpc) is 3.00. The Morgan fingerprint density at radius 2 is 1.43 bits per heavy atom. The van der Waals surface area contributed by atoms with Gasteiger partial charge in [0.2, 0.25) is 11.7 Å². The van der Waals surface area contributed by atoms with Crippen LogP contribution in [-0.2, 0) is 0 Å². The van der Waals surface area contributed by atoms with Crippen LogP contribution in [0.25, 0.3) is 11.3 Å². The first kappa shape index (κ1) is 21.2. The van der Waals surface area contributed by atoms with Gasteiger partial charge >= 0.3 is 0 Å². The van der Waals surface area contributed by atoms with Crippen LogP contribution >= 0.6 is 0 Å². The highest BCUT2D eigenvalue weighted by Crippen LogP contribution is 2.40. The monoisotopic (exact) mass is 433 g/mol. The van der Waals surface area contributed by atoms with Crippen LogP contribution in [0.5, 0.6) is 0 Å². The van der Waals surface area contributed by atoms with Crippen molar-refractivity contribution in [3.05, 3.63) is 98.2 Å². The Bertz CT molecular complexity index is 1080. The number of hydrogen-bond donors (Lipinski definition) is 0. The van der Waals surface area contributed by atoms with Crippen LogP contribution in [-0.4, -0.2) is 9.85 Å². The topological polar surface area (TPSA) is 182 Å². The molecule has 3 aromatic rings. The maximum absolute atomic E-state index is 11.6. The van der Waals surface area contributed by atoms with E-state index in [1.165, 1.54) is 12.1 Å². The first-order valence-electron chi connectivity index (χ1n) is 8.22. The van der Waals surface area contributed by atoms with Crippen molar-refractivity contribution < 1.29 is 43.3 Å². The minimum atomic E-state index is -4.94. The molecule has 0 aliphatic carbocycles. The van der Waals surface area contributed by atoms with Crippen molar-refractivity contribution in [2.24, 2.45) is 0 Å². The highest BCUT2D eigenvalue weighted by molar-refractivity contribution is 5.67. The van der Waals surface area contributed by atoms with Gasteiger partial charge in [0.05, 0.1) is 21.5 Å². The number of nitro groups is 2. The predicted octanol–water partition coefficient (Wildman–Crippen LogP) is -1.35. The van der Waals surface area contributed by atoms with Crippen LogP contribution in [0.4, 0.5) is 11.4 Å². The number of aromatic nitrogens is 1. The summed E-state index contributed by atoms with van der Waals surface area (Å²) in [5.74, 6) is 0. The van der Waals surface area contributed by atoms with Crippen LogP contribution in [0.2, 0.25) is 0 Å². The summed E-state index contributed by atoms with van der Waals surface area (Å²) >= 11 is 0. The molecule has 4 rings (SSSR count). The lowest BCUT2D eigenvalue weighted by molar-refractivity contribution is -2.00. The van der Waals surface area contributed by atoms with Crippen LogP contribution in [0.1, 0.15) is 17.2 Å². The number of nitro benzene ring substituents is 2. The third-order valence-corrected chi connectivity index (χ3v) is 4.42. The fraction of sp³-hybridized carbons (Fsp3) is 0.0556. The van der Waals surface area contributed by atoms with Crippen molar-refractivity contribution >= 4 is 11.4 Å². The second kappa shape index (κ2) is 8.10. The van der Waals surface area contributed by atoms with Crippen LogP contribution < -0.4 is 23.2 Å². The third kappa shape index (κ3) is 4.40. The molecule has 0 radical (unpaired) electrons. The molecule has 0 bridgehead atoms. The molecule has 2 heterocycles. The normalized spacial score (nSPS) is 14.2. The molecular formula is C18H12ClN3O8. The van der Waals surface area contributed by atoms with Gasteiger partial charge in [0.15, 0.2) is 6.20 Å². The van der Waals surface area contributed by atoms with E-state index in [2.05, 4.69) is 0 Å². The van der Waals surface area contributed by atoms with E-state index in [1.54, 1.807) is 0 Å². The summed E-state index contributed by atoms with van der Waals surface area (Å²) in [4.78, 5) is 21.3. The first-order chi connectivity index (χ1) is 14.1. The third-order valence-electron chi connectivity index (χ3n) is 4.42. The van der Waals surface area contributed by atoms with E-state index in [1.807, 2.05) is 53.2 Å². The fourth-order valence-electron chi connectivity index (χ4n) is 3.38. The fourth-order valence-corrected chi connectivity index (χ4v) is 3.38. The predicted molar refractivity (Wildman–Crippen MR) is 89.1 cm³/mol. The number of pyridine rings is 1. The molecule has 1 aliphatic rings. The maximum Gasteiger partial charge on any atom is 0.286 e. The summed E-state index contributed by atoms with van der Waals surface area (Å²) in [6.07, 6.45) is 1.87. The molecule has 1 unspecified atom stereocenters. The lowest BCUT2D eigenvalue weighted by Crippen LogP contribution is -2.68. The van der Waals surface area contributed by atoms with Crippen molar-refractivity contribution in [1.82, 2.24) is 0 Å². The zero-order valence-corrected chi connectivity index (χ0v) is 15.7. The Morgan fingerprint density at radius 3 is 2.07 bits per heavy atom. The van der Waals surface area contributed by atoms with Gasteiger partial charge in [-0.25, -0.2) is 18.6 Å². The van der Waals surface area contributed by atoms with Crippen LogP contribution in [0.3, 0.4) is 0 Å². The molecule has 154 valence electrons. The summed E-state index contributed by atoms with van der Waals surface area (Å²) in [5, 5.41) is 22.5. The van der Waals surface area contributed by atoms with E-state index in [9.17, 15) is 20.2 Å². The number of nitrogens with zero attached hydrogens (tertiary/aromatic N) is 3. The van der Waals surface area contributed by atoms with Gasteiger partial charge in [-0.15, -0.1) is 10.2 Å². The zero-order chi connectivity index (χ0) is 22.1. The van der Waals surface area contributed by atoms with Gasteiger partial charge in [0.1, 0.15) is 5.56 Å². The van der Waals surface area contributed by atoms with Crippen molar-refractivity contribution in [2.45, 2.75) is 6.04 Å². The number of fused-ring (bicyclic) bond motifs is 3. The van der Waals surface area contributed by atoms with E-state index in [0.717, 1.165) is 22.9 Å². The molecule has 0 spiro atoms. The Kier molecular flexibility index (Phi) is 5.73. The first-order valence-corrected chi connectivity index (χ1v) is 9.45. The van der Waals surface area contributed by atoms with E-state index >= 15 is 0 Å². The quantitative estimate of drug-likeness (QED) is 0.216. The van der Waals surface area contributed by atoms with E-state index < -0.39 is 26.1 Å². The SMILES string of the molecule is O=[N+]([O-])c1ccc(C2c3ccccc3-c3cccc[n+]32)c([N+](=O)[O-])c1.[O-][Cl+3]([O-])([O-])[O-]. The van der Waals surface area contributed by atoms with Gasteiger partial charge < -0.3 is 0 Å². The van der Waals surface area contributed by atoms with E-state index in [4.69, 9.17) is 18.6 Å². The Morgan fingerprint density at radius 1 is 0.800 bits per heavy atom. The standard InChI is InChI=1S/C18H12N3O4.ClHO4/c22-20(23)12-8-9-15(17(11-12)21(24)25)18-14-6-2-1-5-13(14)16-7-3-4-10-19(16)18;2-1(3,4)5/h1-11,18H;(H,2,3,4,5)/q+1;/p-1. The van der Waals surface area contributed by atoms with Gasteiger partial charge in [-0.05, 0) is 18.2 Å². The van der Waals surface area contributed by atoms with Gasteiger partial charge in [-0.1, -0.05) is 18.2 Å². The summed E-state index contributed by atoms with van der Waals surface area (Å²) in [5.41, 5.74) is 2.78. The molecule has 0 saturated carbocycles. The molecule has 12 heteroatoms. The van der Waals surface area contributed by atoms with Crippen LogP contribution in [0, 0.1) is 30.5 Å². The van der Waals surface area contributed by atoms with Crippen molar-refractivity contribution in [2.75, 3.05) is 0 Å². The summed E-state index contributed by atoms with van der Waals surface area (Å²) in [6, 6.07) is 16.9. The van der Waals surface area contributed by atoms with Crippen molar-refractivity contribution in [3.63, 3.8) is 0 Å². The highest BCUT2D eigenvalue weighted by atomic mass is 35.7. The number of rotatable bonds is 3. The van der Waals surface area contributed by atoms with Gasteiger partial charge in [-0.2, -0.15) is 4.57 Å². The van der Waals surface area contributed by atoms with Gasteiger partial charge in [-0.3, -0.25) is 20.2 Å². The molecule has 1 atom stereocenters. The van der Waals surface area contributed by atoms with E-state index in [-0.39, 0.29) is 11.4 Å². The maximum atomic E-state index is 11.6. The molecule has 30 heavy (non-hydrogen) atoms. The lowest BCUT2D eigenvalue weighted by Gasteiger charge is -2.17.